The fourth-order valence-corrected chi connectivity index (χ4v) is 2.78. The number of ether oxygens (including phenoxy) is 2. The van der Waals surface area contributed by atoms with Crippen LogP contribution in [0.15, 0.2) is 24.3 Å². The molecular formula is C17H23NO5. The highest BCUT2D eigenvalue weighted by atomic mass is 16.5. The van der Waals surface area contributed by atoms with E-state index in [1.165, 1.54) is 0 Å². The lowest BCUT2D eigenvalue weighted by Crippen LogP contribution is -2.45. The molecule has 1 heterocycles. The first kappa shape index (κ1) is 17.3. The molecule has 0 unspecified atom stereocenters. The van der Waals surface area contributed by atoms with E-state index in [4.69, 9.17) is 14.6 Å². The summed E-state index contributed by atoms with van der Waals surface area (Å²) < 4.78 is 10.5. The number of methoxy groups -OCH3 is 1. The van der Waals surface area contributed by atoms with Crippen molar-refractivity contribution in [2.45, 2.75) is 31.7 Å². The second-order valence-electron chi connectivity index (χ2n) is 5.60. The summed E-state index contributed by atoms with van der Waals surface area (Å²) in [6, 6.07) is 7.43. The normalized spacial score (nSPS) is 15.2. The van der Waals surface area contributed by atoms with Crippen LogP contribution < -0.4 is 4.74 Å². The van der Waals surface area contributed by atoms with Crippen LogP contribution in [0.3, 0.4) is 0 Å². The molecule has 2 rings (SSSR count). The minimum absolute atomic E-state index is 0.0405. The van der Waals surface area contributed by atoms with Crippen molar-refractivity contribution in [3.63, 3.8) is 0 Å². The van der Waals surface area contributed by atoms with Crippen molar-refractivity contribution >= 4 is 11.9 Å². The standard InChI is InChI=1S/C17H23NO5/c1-22-15-4-2-3-13(11-15)12-16(19)18(8-5-17(20)21)14-6-9-23-10-7-14/h2-4,11,14H,5-10,12H2,1H3,(H,20,21). The first-order valence-electron chi connectivity index (χ1n) is 7.82. The van der Waals surface area contributed by atoms with Crippen molar-refractivity contribution in [2.75, 3.05) is 26.9 Å². The first-order valence-corrected chi connectivity index (χ1v) is 7.82. The molecule has 0 atom stereocenters. The molecule has 1 aliphatic heterocycles. The van der Waals surface area contributed by atoms with Crippen LogP contribution >= 0.6 is 0 Å². The van der Waals surface area contributed by atoms with Gasteiger partial charge in [-0.05, 0) is 30.5 Å². The fourth-order valence-electron chi connectivity index (χ4n) is 2.78. The summed E-state index contributed by atoms with van der Waals surface area (Å²) in [6.45, 7) is 1.46. The van der Waals surface area contributed by atoms with Gasteiger partial charge in [0.05, 0.1) is 20.0 Å². The number of carboxylic acids is 1. The van der Waals surface area contributed by atoms with Crippen LogP contribution in [0.25, 0.3) is 0 Å². The third-order valence-electron chi connectivity index (χ3n) is 4.01. The molecule has 23 heavy (non-hydrogen) atoms. The number of benzene rings is 1. The molecule has 1 aromatic rings. The molecule has 1 aromatic carbocycles. The van der Waals surface area contributed by atoms with Crippen molar-refractivity contribution in [3.05, 3.63) is 29.8 Å². The molecule has 0 saturated carbocycles. The lowest BCUT2D eigenvalue weighted by Gasteiger charge is -2.34. The van der Waals surface area contributed by atoms with Crippen LogP contribution in [0.5, 0.6) is 5.75 Å². The first-order chi connectivity index (χ1) is 11.1. The Labute approximate surface area is 136 Å². The SMILES string of the molecule is COc1cccc(CC(=O)N(CCC(=O)O)C2CCOCC2)c1. The van der Waals surface area contributed by atoms with E-state index in [0.717, 1.165) is 18.4 Å². The fraction of sp³-hybridized carbons (Fsp3) is 0.529. The predicted octanol–water partition coefficient (Wildman–Crippen LogP) is 1.72. The van der Waals surface area contributed by atoms with Gasteiger partial charge in [0.1, 0.15) is 5.75 Å². The average molecular weight is 321 g/mol. The molecule has 1 fully saturated rings. The van der Waals surface area contributed by atoms with Gasteiger partial charge in [-0.3, -0.25) is 9.59 Å². The highest BCUT2D eigenvalue weighted by Gasteiger charge is 2.26. The summed E-state index contributed by atoms with van der Waals surface area (Å²) in [6.07, 6.45) is 1.71. The number of rotatable bonds is 7. The maximum Gasteiger partial charge on any atom is 0.305 e. The number of amides is 1. The summed E-state index contributed by atoms with van der Waals surface area (Å²) in [5.74, 6) is -0.235. The molecule has 0 aliphatic carbocycles. The second kappa shape index (κ2) is 8.53. The Kier molecular flexibility index (Phi) is 6.40. The van der Waals surface area contributed by atoms with Crippen LogP contribution in [0.1, 0.15) is 24.8 Å². The van der Waals surface area contributed by atoms with E-state index in [1.54, 1.807) is 12.0 Å². The number of carbonyl (C=O) groups is 2. The topological polar surface area (TPSA) is 76.1 Å². The van der Waals surface area contributed by atoms with Gasteiger partial charge in [-0.25, -0.2) is 0 Å². The molecule has 0 spiro atoms. The van der Waals surface area contributed by atoms with E-state index in [1.807, 2.05) is 24.3 Å². The van der Waals surface area contributed by atoms with Gasteiger partial charge in [0.15, 0.2) is 0 Å². The van der Waals surface area contributed by atoms with Gasteiger partial charge in [-0.15, -0.1) is 0 Å². The predicted molar refractivity (Wildman–Crippen MR) is 84.5 cm³/mol. The highest BCUT2D eigenvalue weighted by molar-refractivity contribution is 5.80. The van der Waals surface area contributed by atoms with Crippen LogP contribution in [0, 0.1) is 0 Å². The molecule has 1 aliphatic rings. The number of aliphatic carboxylic acids is 1. The maximum absolute atomic E-state index is 12.7. The minimum atomic E-state index is -0.892. The third kappa shape index (κ3) is 5.25. The van der Waals surface area contributed by atoms with Gasteiger partial charge < -0.3 is 19.5 Å². The Morgan fingerprint density at radius 2 is 2.09 bits per heavy atom. The van der Waals surface area contributed by atoms with Crippen molar-refractivity contribution in [1.82, 2.24) is 4.90 Å². The average Bonchev–Trinajstić information content (AvgIpc) is 2.56. The Bertz CT molecular complexity index is 540. The summed E-state index contributed by atoms with van der Waals surface area (Å²) in [4.78, 5) is 25.3. The zero-order chi connectivity index (χ0) is 16.7. The highest BCUT2D eigenvalue weighted by Crippen LogP contribution is 2.18. The van der Waals surface area contributed by atoms with Crippen molar-refractivity contribution in [3.8, 4) is 5.75 Å². The van der Waals surface area contributed by atoms with E-state index in [2.05, 4.69) is 0 Å². The molecular weight excluding hydrogens is 298 g/mol. The Morgan fingerprint density at radius 1 is 1.35 bits per heavy atom. The monoisotopic (exact) mass is 321 g/mol. The number of hydrogen-bond donors (Lipinski definition) is 1. The third-order valence-corrected chi connectivity index (χ3v) is 4.01. The number of nitrogens with zero attached hydrogens (tertiary/aromatic N) is 1. The van der Waals surface area contributed by atoms with E-state index in [9.17, 15) is 9.59 Å². The lowest BCUT2D eigenvalue weighted by molar-refractivity contribution is -0.140. The van der Waals surface area contributed by atoms with E-state index in [-0.39, 0.29) is 31.3 Å². The van der Waals surface area contributed by atoms with Crippen molar-refractivity contribution in [1.29, 1.82) is 0 Å². The largest absolute Gasteiger partial charge is 0.497 e. The quantitative estimate of drug-likeness (QED) is 0.827. The van der Waals surface area contributed by atoms with Crippen LogP contribution in [-0.4, -0.2) is 54.8 Å². The van der Waals surface area contributed by atoms with E-state index >= 15 is 0 Å². The van der Waals surface area contributed by atoms with Crippen molar-refractivity contribution < 1.29 is 24.2 Å². The number of carboxylic acid groups (broad SMARTS) is 1. The molecule has 6 nitrogen and oxygen atoms in total. The Morgan fingerprint density at radius 3 is 2.74 bits per heavy atom. The van der Waals surface area contributed by atoms with Crippen LogP contribution in [-0.2, 0) is 20.7 Å². The van der Waals surface area contributed by atoms with Crippen LogP contribution in [0.2, 0.25) is 0 Å². The maximum atomic E-state index is 12.7. The van der Waals surface area contributed by atoms with E-state index in [0.29, 0.717) is 19.0 Å². The lowest BCUT2D eigenvalue weighted by atomic mass is 10.0. The minimum Gasteiger partial charge on any atom is -0.497 e. The van der Waals surface area contributed by atoms with Gasteiger partial charge in [0.2, 0.25) is 5.91 Å². The number of carbonyl (C=O) groups excluding carboxylic acids is 1. The zero-order valence-electron chi connectivity index (χ0n) is 13.4. The molecule has 1 N–H and O–H groups in total. The van der Waals surface area contributed by atoms with Gasteiger partial charge in [0, 0.05) is 25.8 Å². The molecule has 1 saturated heterocycles. The van der Waals surface area contributed by atoms with E-state index < -0.39 is 5.97 Å². The Balaban J connectivity index is 2.06. The number of hydrogen-bond acceptors (Lipinski definition) is 4. The van der Waals surface area contributed by atoms with Crippen molar-refractivity contribution in [2.24, 2.45) is 0 Å². The van der Waals surface area contributed by atoms with Crippen LogP contribution in [0.4, 0.5) is 0 Å². The van der Waals surface area contributed by atoms with Gasteiger partial charge in [-0.1, -0.05) is 12.1 Å². The summed E-state index contributed by atoms with van der Waals surface area (Å²) in [5.41, 5.74) is 0.863. The molecule has 1 amide bonds. The van der Waals surface area contributed by atoms with Gasteiger partial charge in [-0.2, -0.15) is 0 Å². The molecule has 0 bridgehead atoms. The van der Waals surface area contributed by atoms with Gasteiger partial charge in [0.25, 0.3) is 0 Å². The molecule has 6 heteroatoms. The summed E-state index contributed by atoms with van der Waals surface area (Å²) in [7, 11) is 1.59. The summed E-state index contributed by atoms with van der Waals surface area (Å²) >= 11 is 0. The zero-order valence-corrected chi connectivity index (χ0v) is 13.4. The molecule has 0 aromatic heterocycles. The smallest absolute Gasteiger partial charge is 0.305 e. The molecule has 0 radical (unpaired) electrons. The summed E-state index contributed by atoms with van der Waals surface area (Å²) in [5, 5.41) is 8.92. The second-order valence-corrected chi connectivity index (χ2v) is 5.60. The van der Waals surface area contributed by atoms with Gasteiger partial charge >= 0.3 is 5.97 Å². The molecule has 126 valence electrons. The Hall–Kier alpha value is -2.08.